The number of ether oxygens (including phenoxy) is 1. The number of nitriles is 1. The molecular formula is C18H25ClN2O3. The zero-order chi connectivity index (χ0) is 18.2. The number of phenolic OH excluding ortho intramolecular Hbond substituents is 1. The summed E-state index contributed by atoms with van der Waals surface area (Å²) in [5.41, 5.74) is -0.0156. The van der Waals surface area contributed by atoms with Crippen LogP contribution in [-0.2, 0) is 4.74 Å². The van der Waals surface area contributed by atoms with E-state index in [1.54, 1.807) is 0 Å². The Morgan fingerprint density at radius 1 is 1.33 bits per heavy atom. The number of nitrogens with zero attached hydrogens (tertiary/aromatic N) is 1. The summed E-state index contributed by atoms with van der Waals surface area (Å²) in [5, 5.41) is 20.4. The van der Waals surface area contributed by atoms with Gasteiger partial charge in [-0.3, -0.25) is 0 Å². The maximum Gasteiger partial charge on any atom is 0.407 e. The summed E-state index contributed by atoms with van der Waals surface area (Å²) >= 11 is 5.55. The summed E-state index contributed by atoms with van der Waals surface area (Å²) in [4.78, 5) is 11.4. The molecule has 0 radical (unpaired) electrons. The van der Waals surface area contributed by atoms with Crippen molar-refractivity contribution in [2.24, 2.45) is 0 Å². The van der Waals surface area contributed by atoms with Gasteiger partial charge in [0.15, 0.2) is 0 Å². The number of alkyl carbamates (subject to hydrolysis) is 1. The van der Waals surface area contributed by atoms with Crippen molar-refractivity contribution in [3.05, 3.63) is 28.8 Å². The molecule has 1 aromatic rings. The smallest absolute Gasteiger partial charge is 0.407 e. The summed E-state index contributed by atoms with van der Waals surface area (Å²) < 4.78 is 5.19. The molecule has 0 saturated heterocycles. The average Bonchev–Trinajstić information content (AvgIpc) is 2.47. The van der Waals surface area contributed by atoms with Gasteiger partial charge >= 0.3 is 6.09 Å². The van der Waals surface area contributed by atoms with E-state index in [0.717, 1.165) is 12.8 Å². The number of phenols is 1. The molecule has 0 unspecified atom stereocenters. The lowest BCUT2D eigenvalue weighted by atomic mass is 9.96. The number of hydrogen-bond donors (Lipinski definition) is 2. The minimum absolute atomic E-state index is 0.0731. The third kappa shape index (κ3) is 8.07. The van der Waals surface area contributed by atoms with Gasteiger partial charge in [-0.2, -0.15) is 5.26 Å². The first-order chi connectivity index (χ1) is 11.2. The van der Waals surface area contributed by atoms with E-state index < -0.39 is 5.60 Å². The Kier molecular flexibility index (Phi) is 7.87. The van der Waals surface area contributed by atoms with Gasteiger partial charge in [0.25, 0.3) is 0 Å². The maximum absolute atomic E-state index is 11.4. The molecule has 1 fully saturated rings. The van der Waals surface area contributed by atoms with Gasteiger partial charge in [0, 0.05) is 6.04 Å². The van der Waals surface area contributed by atoms with Gasteiger partial charge < -0.3 is 15.2 Å². The summed E-state index contributed by atoms with van der Waals surface area (Å²) in [7, 11) is 0. The lowest BCUT2D eigenvalue weighted by molar-refractivity contribution is 0.0493. The number of halogens is 1. The van der Waals surface area contributed by atoms with Crippen LogP contribution in [0.1, 0.15) is 58.4 Å². The summed E-state index contributed by atoms with van der Waals surface area (Å²) in [6.07, 6.45) is 5.66. The quantitative estimate of drug-likeness (QED) is 0.763. The van der Waals surface area contributed by atoms with Gasteiger partial charge in [-0.1, -0.05) is 30.9 Å². The molecule has 0 heterocycles. The Bertz CT molecular complexity index is 585. The molecule has 1 saturated carbocycles. The van der Waals surface area contributed by atoms with E-state index in [4.69, 9.17) is 26.7 Å². The number of carbonyl (C=O) groups is 1. The average molecular weight is 353 g/mol. The normalized spacial score (nSPS) is 14.8. The third-order valence-corrected chi connectivity index (χ3v) is 3.71. The molecule has 0 spiro atoms. The van der Waals surface area contributed by atoms with E-state index >= 15 is 0 Å². The largest absolute Gasteiger partial charge is 0.508 e. The van der Waals surface area contributed by atoms with E-state index in [1.807, 2.05) is 26.8 Å². The SMILES string of the molecule is CC(C)(C)OC(=O)NC1CCCCC1.N#Cc1ccc(O)cc1Cl. The van der Waals surface area contributed by atoms with Crippen LogP contribution < -0.4 is 5.32 Å². The van der Waals surface area contributed by atoms with Gasteiger partial charge in [0.05, 0.1) is 10.6 Å². The first-order valence-corrected chi connectivity index (χ1v) is 8.47. The van der Waals surface area contributed by atoms with Crippen LogP contribution in [0.2, 0.25) is 5.02 Å². The van der Waals surface area contributed by atoms with Crippen LogP contribution in [0.25, 0.3) is 0 Å². The molecule has 0 aromatic heterocycles. The van der Waals surface area contributed by atoms with Crippen LogP contribution in [-0.4, -0.2) is 22.8 Å². The number of benzene rings is 1. The van der Waals surface area contributed by atoms with E-state index in [0.29, 0.717) is 11.6 Å². The molecule has 0 aliphatic heterocycles. The third-order valence-electron chi connectivity index (χ3n) is 3.40. The van der Waals surface area contributed by atoms with Gasteiger partial charge in [-0.15, -0.1) is 0 Å². The molecular weight excluding hydrogens is 328 g/mol. The Labute approximate surface area is 148 Å². The second-order valence-electron chi connectivity index (χ2n) is 6.76. The molecule has 24 heavy (non-hydrogen) atoms. The minimum Gasteiger partial charge on any atom is -0.508 e. The molecule has 1 aliphatic rings. The van der Waals surface area contributed by atoms with Crippen LogP contribution in [0.3, 0.4) is 0 Å². The van der Waals surface area contributed by atoms with Gasteiger partial charge in [0.2, 0.25) is 0 Å². The van der Waals surface area contributed by atoms with Crippen LogP contribution in [0, 0.1) is 11.3 Å². The van der Waals surface area contributed by atoms with E-state index in [1.165, 1.54) is 37.5 Å². The second-order valence-corrected chi connectivity index (χ2v) is 7.16. The van der Waals surface area contributed by atoms with Gasteiger partial charge in [-0.05, 0) is 51.8 Å². The predicted molar refractivity (Wildman–Crippen MR) is 94.1 cm³/mol. The van der Waals surface area contributed by atoms with Crippen molar-refractivity contribution in [2.45, 2.75) is 64.5 Å². The molecule has 6 heteroatoms. The van der Waals surface area contributed by atoms with E-state index in [2.05, 4.69) is 5.32 Å². The van der Waals surface area contributed by atoms with Crippen LogP contribution in [0.15, 0.2) is 18.2 Å². The van der Waals surface area contributed by atoms with Crippen molar-refractivity contribution in [2.75, 3.05) is 0 Å². The number of hydrogen-bond acceptors (Lipinski definition) is 4. The van der Waals surface area contributed by atoms with Crippen molar-refractivity contribution in [1.82, 2.24) is 5.32 Å². The molecule has 1 amide bonds. The van der Waals surface area contributed by atoms with Crippen molar-refractivity contribution < 1.29 is 14.6 Å². The Balaban J connectivity index is 0.000000254. The number of aromatic hydroxyl groups is 1. The highest BCUT2D eigenvalue weighted by Crippen LogP contribution is 2.20. The van der Waals surface area contributed by atoms with Gasteiger partial charge in [-0.25, -0.2) is 4.79 Å². The molecule has 0 atom stereocenters. The lowest BCUT2D eigenvalue weighted by Gasteiger charge is -2.25. The Morgan fingerprint density at radius 3 is 2.46 bits per heavy atom. The van der Waals surface area contributed by atoms with Crippen molar-refractivity contribution in [1.29, 1.82) is 5.26 Å². The first-order valence-electron chi connectivity index (χ1n) is 8.09. The zero-order valence-corrected chi connectivity index (χ0v) is 15.2. The highest BCUT2D eigenvalue weighted by atomic mass is 35.5. The number of nitrogens with one attached hydrogen (secondary N) is 1. The van der Waals surface area contributed by atoms with Crippen molar-refractivity contribution >= 4 is 17.7 Å². The van der Waals surface area contributed by atoms with Gasteiger partial charge in [0.1, 0.15) is 17.4 Å². The second kappa shape index (κ2) is 9.39. The summed E-state index contributed by atoms with van der Waals surface area (Å²) in [6.45, 7) is 5.65. The fourth-order valence-corrected chi connectivity index (χ4v) is 2.53. The molecule has 1 aromatic carbocycles. The standard InChI is InChI=1S/C11H21NO2.C7H4ClNO/c1-11(2,3)14-10(13)12-9-7-5-4-6-8-9;8-7-3-6(10)2-1-5(7)4-9/h9H,4-8H2,1-3H3,(H,12,13);1-3,10H. The monoisotopic (exact) mass is 352 g/mol. The van der Waals surface area contributed by atoms with Crippen LogP contribution in [0.4, 0.5) is 4.79 Å². The predicted octanol–water partition coefficient (Wildman–Crippen LogP) is 4.76. The van der Waals surface area contributed by atoms with Crippen LogP contribution in [0.5, 0.6) is 5.75 Å². The van der Waals surface area contributed by atoms with E-state index in [-0.39, 0.29) is 16.9 Å². The van der Waals surface area contributed by atoms with Crippen molar-refractivity contribution in [3.8, 4) is 11.8 Å². The Hall–Kier alpha value is -1.93. The fraction of sp³-hybridized carbons (Fsp3) is 0.556. The zero-order valence-electron chi connectivity index (χ0n) is 14.4. The summed E-state index contributed by atoms with van der Waals surface area (Å²) in [6, 6.07) is 6.44. The number of rotatable bonds is 1. The molecule has 2 rings (SSSR count). The lowest BCUT2D eigenvalue weighted by Crippen LogP contribution is -2.39. The van der Waals surface area contributed by atoms with E-state index in [9.17, 15) is 4.79 Å². The minimum atomic E-state index is -0.390. The number of carbonyl (C=O) groups excluding carboxylic acids is 1. The topological polar surface area (TPSA) is 82.3 Å². The highest BCUT2D eigenvalue weighted by molar-refractivity contribution is 6.31. The highest BCUT2D eigenvalue weighted by Gasteiger charge is 2.20. The summed E-state index contributed by atoms with van der Waals surface area (Å²) in [5.74, 6) is 0.0731. The molecule has 1 aliphatic carbocycles. The number of amides is 1. The van der Waals surface area contributed by atoms with Crippen LogP contribution >= 0.6 is 11.6 Å². The molecule has 5 nitrogen and oxygen atoms in total. The molecule has 2 N–H and O–H groups in total. The van der Waals surface area contributed by atoms with Crippen molar-refractivity contribution in [3.63, 3.8) is 0 Å². The Morgan fingerprint density at radius 2 is 1.96 bits per heavy atom. The first kappa shape index (κ1) is 20.1. The molecule has 0 bridgehead atoms. The molecule has 132 valence electrons. The maximum atomic E-state index is 11.4. The fourth-order valence-electron chi connectivity index (χ4n) is 2.32.